The molecule has 7 heteroatoms. The average Bonchev–Trinajstić information content (AvgIpc) is 2.68. The average molecular weight is 409 g/mol. The molecule has 2 aromatic rings. The standard InChI is InChI=1S/C20H28N2O3S2/c21-17-5-1-3-7-19(17)26-15-13-24-11-9-23-10-12-25-14-16-27-20-8-4-2-6-18(20)22/h1-8H,9-16,21-22H2. The van der Waals surface area contributed by atoms with Gasteiger partial charge in [0.05, 0.1) is 39.6 Å². The van der Waals surface area contributed by atoms with Gasteiger partial charge in [0.1, 0.15) is 0 Å². The predicted molar refractivity (Wildman–Crippen MR) is 116 cm³/mol. The fourth-order valence-electron chi connectivity index (χ4n) is 2.19. The van der Waals surface area contributed by atoms with E-state index in [9.17, 15) is 0 Å². The van der Waals surface area contributed by atoms with Crippen LogP contribution >= 0.6 is 23.5 Å². The third-order valence-electron chi connectivity index (χ3n) is 3.55. The maximum absolute atomic E-state index is 5.90. The molecule has 0 aliphatic heterocycles. The Morgan fingerprint density at radius 2 is 0.926 bits per heavy atom. The van der Waals surface area contributed by atoms with Crippen molar-refractivity contribution in [1.29, 1.82) is 0 Å². The van der Waals surface area contributed by atoms with Crippen LogP contribution in [0.25, 0.3) is 0 Å². The first-order valence-electron chi connectivity index (χ1n) is 8.95. The second kappa shape index (κ2) is 13.7. The molecule has 2 aromatic carbocycles. The molecule has 0 amide bonds. The molecule has 0 aliphatic carbocycles. The van der Waals surface area contributed by atoms with Crippen LogP contribution in [0, 0.1) is 0 Å². The molecule has 4 N–H and O–H groups in total. The number of para-hydroxylation sites is 2. The van der Waals surface area contributed by atoms with Crippen LogP contribution in [0.2, 0.25) is 0 Å². The smallest absolute Gasteiger partial charge is 0.0701 e. The summed E-state index contributed by atoms with van der Waals surface area (Å²) in [4.78, 5) is 2.20. The van der Waals surface area contributed by atoms with Crippen LogP contribution in [0.1, 0.15) is 0 Å². The molecule has 0 aliphatic rings. The van der Waals surface area contributed by atoms with Gasteiger partial charge in [0.25, 0.3) is 0 Å². The van der Waals surface area contributed by atoms with Crippen molar-refractivity contribution in [2.24, 2.45) is 0 Å². The lowest BCUT2D eigenvalue weighted by Crippen LogP contribution is -2.11. The Morgan fingerprint density at radius 1 is 0.556 bits per heavy atom. The summed E-state index contributed by atoms with van der Waals surface area (Å²) in [5, 5.41) is 0. The summed E-state index contributed by atoms with van der Waals surface area (Å²) in [5.74, 6) is 1.75. The van der Waals surface area contributed by atoms with Gasteiger partial charge in [0.2, 0.25) is 0 Å². The van der Waals surface area contributed by atoms with Gasteiger partial charge >= 0.3 is 0 Å². The molecule has 0 aromatic heterocycles. The minimum atomic E-state index is 0.580. The fraction of sp³-hybridized carbons (Fsp3) is 0.400. The van der Waals surface area contributed by atoms with Crippen molar-refractivity contribution in [3.63, 3.8) is 0 Å². The molecule has 0 heterocycles. The Bertz CT molecular complexity index is 603. The fourth-order valence-corrected chi connectivity index (χ4v) is 3.85. The Hall–Kier alpha value is -1.38. The van der Waals surface area contributed by atoms with E-state index in [1.807, 2.05) is 48.5 Å². The van der Waals surface area contributed by atoms with E-state index >= 15 is 0 Å². The van der Waals surface area contributed by atoms with Crippen molar-refractivity contribution in [3.05, 3.63) is 48.5 Å². The van der Waals surface area contributed by atoms with E-state index in [4.69, 9.17) is 25.7 Å². The van der Waals surface area contributed by atoms with Crippen molar-refractivity contribution < 1.29 is 14.2 Å². The van der Waals surface area contributed by atoms with Crippen molar-refractivity contribution >= 4 is 34.9 Å². The first kappa shape index (κ1) is 21.9. The van der Waals surface area contributed by atoms with Gasteiger partial charge in [0, 0.05) is 32.7 Å². The minimum Gasteiger partial charge on any atom is -0.398 e. The van der Waals surface area contributed by atoms with Gasteiger partial charge in [0.15, 0.2) is 0 Å². The molecule has 0 unspecified atom stereocenters. The monoisotopic (exact) mass is 408 g/mol. The predicted octanol–water partition coefficient (Wildman–Crippen LogP) is 3.79. The SMILES string of the molecule is Nc1ccccc1SCCOCCOCCOCCSc1ccccc1N. The van der Waals surface area contributed by atoms with Crippen molar-refractivity contribution in [2.45, 2.75) is 9.79 Å². The number of thioether (sulfide) groups is 2. The molecule has 2 rings (SSSR count). The summed E-state index contributed by atoms with van der Waals surface area (Å²) in [6, 6.07) is 15.7. The zero-order valence-corrected chi connectivity index (χ0v) is 17.1. The van der Waals surface area contributed by atoms with E-state index in [0.29, 0.717) is 39.6 Å². The molecule has 0 bridgehead atoms. The number of nitrogen functional groups attached to an aromatic ring is 2. The van der Waals surface area contributed by atoms with E-state index in [0.717, 1.165) is 32.7 Å². The van der Waals surface area contributed by atoms with E-state index in [1.54, 1.807) is 23.5 Å². The molecular weight excluding hydrogens is 380 g/mol. The minimum absolute atomic E-state index is 0.580. The highest BCUT2D eigenvalue weighted by Crippen LogP contribution is 2.24. The summed E-state index contributed by atoms with van der Waals surface area (Å²) >= 11 is 3.41. The number of hydrogen-bond donors (Lipinski definition) is 2. The zero-order valence-electron chi connectivity index (χ0n) is 15.5. The number of rotatable bonds is 14. The van der Waals surface area contributed by atoms with Gasteiger partial charge in [-0.05, 0) is 24.3 Å². The molecule has 0 saturated carbocycles. The van der Waals surface area contributed by atoms with Gasteiger partial charge < -0.3 is 25.7 Å². The van der Waals surface area contributed by atoms with Crippen LogP contribution in [0.3, 0.4) is 0 Å². The summed E-state index contributed by atoms with van der Waals surface area (Å²) in [7, 11) is 0. The Morgan fingerprint density at radius 3 is 1.33 bits per heavy atom. The first-order chi connectivity index (χ1) is 13.3. The lowest BCUT2D eigenvalue weighted by atomic mass is 10.3. The Kier molecular flexibility index (Phi) is 11.2. The number of ether oxygens (including phenoxy) is 3. The summed E-state index contributed by atoms with van der Waals surface area (Å²) < 4.78 is 16.6. The van der Waals surface area contributed by atoms with Crippen LogP contribution in [-0.4, -0.2) is 51.1 Å². The zero-order chi connectivity index (χ0) is 19.2. The third kappa shape index (κ3) is 9.39. The van der Waals surface area contributed by atoms with Crippen molar-refractivity contribution in [3.8, 4) is 0 Å². The number of benzene rings is 2. The molecule has 0 fully saturated rings. The third-order valence-corrected chi connectivity index (χ3v) is 5.66. The van der Waals surface area contributed by atoms with E-state index in [-0.39, 0.29) is 0 Å². The highest BCUT2D eigenvalue weighted by atomic mass is 32.2. The van der Waals surface area contributed by atoms with Crippen LogP contribution in [0.15, 0.2) is 58.3 Å². The molecule has 27 heavy (non-hydrogen) atoms. The van der Waals surface area contributed by atoms with Gasteiger partial charge in [-0.1, -0.05) is 24.3 Å². The molecule has 0 radical (unpaired) electrons. The van der Waals surface area contributed by atoms with Crippen LogP contribution in [0.4, 0.5) is 11.4 Å². The lowest BCUT2D eigenvalue weighted by Gasteiger charge is -2.08. The van der Waals surface area contributed by atoms with E-state index in [1.165, 1.54) is 0 Å². The number of nitrogens with two attached hydrogens (primary N) is 2. The van der Waals surface area contributed by atoms with Crippen LogP contribution < -0.4 is 11.5 Å². The molecule has 148 valence electrons. The van der Waals surface area contributed by atoms with Crippen molar-refractivity contribution in [2.75, 3.05) is 62.6 Å². The van der Waals surface area contributed by atoms with Gasteiger partial charge in [-0.25, -0.2) is 0 Å². The lowest BCUT2D eigenvalue weighted by molar-refractivity contribution is 0.0205. The second-order valence-corrected chi connectivity index (χ2v) is 7.88. The Balaban J connectivity index is 1.35. The van der Waals surface area contributed by atoms with Crippen LogP contribution in [0.5, 0.6) is 0 Å². The number of hydrogen-bond acceptors (Lipinski definition) is 7. The maximum atomic E-state index is 5.90. The van der Waals surface area contributed by atoms with Crippen molar-refractivity contribution in [1.82, 2.24) is 0 Å². The molecule has 0 atom stereocenters. The Labute approximate surface area is 170 Å². The molecule has 0 saturated heterocycles. The molecular formula is C20H28N2O3S2. The highest BCUT2D eigenvalue weighted by molar-refractivity contribution is 7.99. The topological polar surface area (TPSA) is 79.7 Å². The van der Waals surface area contributed by atoms with Crippen LogP contribution in [-0.2, 0) is 14.2 Å². The molecule has 0 spiro atoms. The summed E-state index contributed by atoms with van der Waals surface area (Å²) in [5.41, 5.74) is 13.4. The first-order valence-corrected chi connectivity index (χ1v) is 10.9. The van der Waals surface area contributed by atoms with E-state index in [2.05, 4.69) is 0 Å². The maximum Gasteiger partial charge on any atom is 0.0701 e. The number of anilines is 2. The second-order valence-electron chi connectivity index (χ2n) is 5.61. The van der Waals surface area contributed by atoms with E-state index < -0.39 is 0 Å². The summed E-state index contributed by atoms with van der Waals surface area (Å²) in [6.45, 7) is 3.70. The quantitative estimate of drug-likeness (QED) is 0.280. The normalized spacial score (nSPS) is 11.0. The van der Waals surface area contributed by atoms with Gasteiger partial charge in [-0.3, -0.25) is 0 Å². The highest BCUT2D eigenvalue weighted by Gasteiger charge is 1.99. The van der Waals surface area contributed by atoms with Gasteiger partial charge in [-0.2, -0.15) is 0 Å². The molecule has 5 nitrogen and oxygen atoms in total. The van der Waals surface area contributed by atoms with Gasteiger partial charge in [-0.15, -0.1) is 23.5 Å². The largest absolute Gasteiger partial charge is 0.398 e. The summed E-state index contributed by atoms with van der Waals surface area (Å²) in [6.07, 6.45) is 0.